The third-order valence-corrected chi connectivity index (χ3v) is 12.8. The van der Waals surface area contributed by atoms with E-state index < -0.39 is 5.89 Å². The van der Waals surface area contributed by atoms with Crippen LogP contribution in [0.15, 0.2) is 87.7 Å². The van der Waals surface area contributed by atoms with Crippen molar-refractivity contribution < 1.29 is 14.8 Å². The van der Waals surface area contributed by atoms with Gasteiger partial charge in [-0.25, -0.2) is 4.57 Å². The molecule has 5 aromatic carbocycles. The topological polar surface area (TPSA) is 35.1 Å². The summed E-state index contributed by atoms with van der Waals surface area (Å²) in [6.45, 7) is 22.9. The molecule has 0 bridgehead atoms. The van der Waals surface area contributed by atoms with Crippen molar-refractivity contribution in [3.63, 3.8) is 0 Å². The fraction of sp³-hybridized carbons (Fsp3) is 0.392. The summed E-state index contributed by atoms with van der Waals surface area (Å²) >= 11 is 0. The molecule has 0 N–H and O–H groups in total. The summed E-state index contributed by atoms with van der Waals surface area (Å²) in [5.74, 6) is 0.989. The van der Waals surface area contributed by atoms with Crippen LogP contribution in [0.25, 0.3) is 72.0 Å². The molecule has 1 aliphatic carbocycles. The van der Waals surface area contributed by atoms with Gasteiger partial charge in [0.1, 0.15) is 16.8 Å². The minimum atomic E-state index is -0.583. The van der Waals surface area contributed by atoms with Crippen LogP contribution in [0.2, 0.25) is 0 Å². The first-order valence-electron chi connectivity index (χ1n) is 21.0. The van der Waals surface area contributed by atoms with E-state index in [0.717, 1.165) is 97.5 Å². The third-order valence-electron chi connectivity index (χ3n) is 12.8. The van der Waals surface area contributed by atoms with Gasteiger partial charge in [0.2, 0.25) is 0 Å². The van der Waals surface area contributed by atoms with Crippen molar-refractivity contribution in [3.8, 4) is 17.1 Å². The Bertz CT molecular complexity index is 2830. The Hall–Kier alpha value is -4.83. The van der Waals surface area contributed by atoms with Gasteiger partial charge in [-0.1, -0.05) is 111 Å². The normalized spacial score (nSPS) is 16.5. The Labute approximate surface area is 327 Å². The first-order chi connectivity index (χ1) is 26.5. The molecule has 1 saturated carbocycles. The number of furan rings is 2. The van der Waals surface area contributed by atoms with Crippen LogP contribution >= 0.6 is 0 Å². The molecule has 55 heavy (non-hydrogen) atoms. The number of hydrogen-bond acceptors (Lipinski definition) is 2. The minimum Gasteiger partial charge on any atom is -0.452 e. The average Bonchev–Trinajstić information content (AvgIpc) is 3.81. The summed E-state index contributed by atoms with van der Waals surface area (Å²) in [4.78, 5) is 0. The van der Waals surface area contributed by atoms with E-state index in [-0.39, 0.29) is 17.3 Å². The molecule has 0 aliphatic heterocycles. The van der Waals surface area contributed by atoms with E-state index in [1.807, 2.05) is 0 Å². The molecule has 1 fully saturated rings. The minimum absolute atomic E-state index is 0.0170. The highest BCUT2D eigenvalue weighted by molar-refractivity contribution is 6.20. The highest BCUT2D eigenvalue weighted by Crippen LogP contribution is 2.47. The number of aryl methyl sites for hydroxylation is 2. The van der Waals surface area contributed by atoms with Crippen LogP contribution in [-0.2, 0) is 12.5 Å². The Morgan fingerprint density at radius 3 is 2.00 bits per heavy atom. The predicted octanol–water partition coefficient (Wildman–Crippen LogP) is 14.5. The van der Waals surface area contributed by atoms with E-state index in [0.29, 0.717) is 5.41 Å². The molecule has 4 nitrogen and oxygen atoms in total. The van der Waals surface area contributed by atoms with Gasteiger partial charge in [-0.15, -0.1) is 0 Å². The third kappa shape index (κ3) is 5.65. The Kier molecular flexibility index (Phi) is 7.93. The predicted molar refractivity (Wildman–Crippen MR) is 231 cm³/mol. The molecule has 0 radical (unpaired) electrons. The van der Waals surface area contributed by atoms with Crippen molar-refractivity contribution >= 4 is 54.9 Å². The number of rotatable bonds is 5. The maximum atomic E-state index is 9.87. The molecule has 0 amide bonds. The van der Waals surface area contributed by atoms with E-state index in [1.165, 1.54) is 27.9 Å². The maximum absolute atomic E-state index is 9.87. The summed E-state index contributed by atoms with van der Waals surface area (Å²) in [6.07, 6.45) is 3.94. The van der Waals surface area contributed by atoms with Gasteiger partial charge in [0.15, 0.2) is 27.8 Å². The second kappa shape index (κ2) is 12.6. The van der Waals surface area contributed by atoms with Crippen LogP contribution in [0.4, 0.5) is 0 Å². The van der Waals surface area contributed by atoms with Gasteiger partial charge in [-0.3, -0.25) is 0 Å². The van der Waals surface area contributed by atoms with Gasteiger partial charge < -0.3 is 8.83 Å². The number of imidazole rings is 1. The second-order valence-electron chi connectivity index (χ2n) is 18.9. The summed E-state index contributed by atoms with van der Waals surface area (Å²) in [5.41, 5.74) is 14.4. The zero-order chi connectivity index (χ0) is 39.6. The molecule has 9 rings (SSSR count). The molecule has 0 spiro atoms. The van der Waals surface area contributed by atoms with E-state index >= 15 is 0 Å². The van der Waals surface area contributed by atoms with Crippen molar-refractivity contribution in [2.24, 2.45) is 12.5 Å². The molecule has 0 saturated heterocycles. The van der Waals surface area contributed by atoms with Gasteiger partial charge in [-0.2, -0.15) is 4.57 Å². The molecule has 0 unspecified atom stereocenters. The van der Waals surface area contributed by atoms with Crippen LogP contribution in [0.3, 0.4) is 0 Å². The molecule has 8 aromatic rings. The largest absolute Gasteiger partial charge is 0.452 e. The zero-order valence-corrected chi connectivity index (χ0v) is 34.7. The number of para-hydroxylation sites is 2. The number of nitrogens with zero attached hydrogens (tertiary/aromatic N) is 2. The van der Waals surface area contributed by atoms with E-state index in [9.17, 15) is 1.37 Å². The van der Waals surface area contributed by atoms with Crippen LogP contribution in [0.1, 0.15) is 135 Å². The van der Waals surface area contributed by atoms with Gasteiger partial charge in [-0.05, 0) is 108 Å². The summed E-state index contributed by atoms with van der Waals surface area (Å²) in [7, 11) is 2.19. The number of benzene rings is 5. The van der Waals surface area contributed by atoms with E-state index in [4.69, 9.17) is 8.83 Å². The molecular formula is C51H57N2O2+. The summed E-state index contributed by atoms with van der Waals surface area (Å²) in [6, 6.07) is 29.1. The summed E-state index contributed by atoms with van der Waals surface area (Å²) in [5, 5.41) is 4.31. The van der Waals surface area contributed by atoms with E-state index in [1.54, 1.807) is 0 Å². The Morgan fingerprint density at radius 1 is 0.764 bits per heavy atom. The molecule has 3 heterocycles. The van der Waals surface area contributed by atoms with Gasteiger partial charge in [0, 0.05) is 34.0 Å². The highest BCUT2D eigenvalue weighted by atomic mass is 16.4. The number of hydrogen-bond donors (Lipinski definition) is 0. The smallest absolute Gasteiger partial charge is 0.299 e. The number of aromatic nitrogens is 2. The first kappa shape index (κ1) is 34.6. The first-order valence-corrected chi connectivity index (χ1v) is 20.5. The molecule has 282 valence electrons. The second-order valence-corrected chi connectivity index (χ2v) is 18.9. The highest BCUT2D eigenvalue weighted by Gasteiger charge is 2.35. The lowest BCUT2D eigenvalue weighted by Gasteiger charge is -2.35. The summed E-state index contributed by atoms with van der Waals surface area (Å²) < 4.78 is 28.6. The van der Waals surface area contributed by atoms with Gasteiger partial charge in [0.25, 0.3) is 5.82 Å². The Balaban J connectivity index is 1.34. The van der Waals surface area contributed by atoms with Crippen molar-refractivity contribution in [1.82, 2.24) is 4.57 Å². The standard InChI is InChI=1S/C51H57N2O2/c1-29(2)39-26-33(32-22-24-51(9,10)25-23-32)27-40(30(3)4)45(39)53-42-15-13-12-14-41(42)52(11)49(53)44-31(5)16-18-37-38-21-20-36-35-19-17-34(50(6,7)8)28-43(35)54-47(36)48(38)55-46(37)44/h12-21,26-30,32H,22-25H2,1-11H3/q+1/i32D. The fourth-order valence-corrected chi connectivity index (χ4v) is 9.34. The van der Waals surface area contributed by atoms with Crippen LogP contribution in [0.5, 0.6) is 0 Å². The monoisotopic (exact) mass is 730 g/mol. The van der Waals surface area contributed by atoms with Crippen LogP contribution in [0, 0.1) is 12.3 Å². The van der Waals surface area contributed by atoms with Gasteiger partial charge >= 0.3 is 0 Å². The SMILES string of the molecule is [2H]C1(c2cc(C(C)C)c(-n3c(-c4c(C)ccc5c4oc4c5ccc5c6ccc(C(C)(C)C)cc6oc54)[n+](C)c4ccccc43)c(C(C)C)c2)CCC(C)(C)CC1. The van der Waals surface area contributed by atoms with Crippen molar-refractivity contribution in [2.75, 3.05) is 0 Å². The lowest BCUT2D eigenvalue weighted by atomic mass is 9.70. The quantitative estimate of drug-likeness (QED) is 0.165. The Morgan fingerprint density at radius 2 is 1.35 bits per heavy atom. The molecular weight excluding hydrogens is 673 g/mol. The number of fused-ring (bicyclic) bond motifs is 8. The van der Waals surface area contributed by atoms with E-state index in [2.05, 4.69) is 164 Å². The molecule has 1 aliphatic rings. The van der Waals surface area contributed by atoms with Crippen molar-refractivity contribution in [2.45, 2.75) is 118 Å². The maximum Gasteiger partial charge on any atom is 0.299 e. The van der Waals surface area contributed by atoms with Crippen LogP contribution in [-0.4, -0.2) is 4.57 Å². The van der Waals surface area contributed by atoms with Crippen molar-refractivity contribution in [3.05, 3.63) is 107 Å². The van der Waals surface area contributed by atoms with Crippen molar-refractivity contribution in [1.29, 1.82) is 0 Å². The van der Waals surface area contributed by atoms with Gasteiger partial charge in [0.05, 0.1) is 7.05 Å². The fourth-order valence-electron chi connectivity index (χ4n) is 9.34. The lowest BCUT2D eigenvalue weighted by molar-refractivity contribution is -0.633. The zero-order valence-electron chi connectivity index (χ0n) is 35.7. The lowest BCUT2D eigenvalue weighted by Crippen LogP contribution is -2.30. The van der Waals surface area contributed by atoms with Crippen LogP contribution < -0.4 is 4.57 Å². The molecule has 0 atom stereocenters. The average molecular weight is 731 g/mol. The molecule has 4 heteroatoms. The molecule has 3 aromatic heterocycles.